The van der Waals surface area contributed by atoms with Crippen molar-refractivity contribution in [1.29, 1.82) is 0 Å². The Morgan fingerprint density at radius 2 is 2.00 bits per heavy atom. The van der Waals surface area contributed by atoms with Gasteiger partial charge in [-0.15, -0.1) is 0 Å². The number of nitrogens with one attached hydrogen (secondary N) is 1. The van der Waals surface area contributed by atoms with Gasteiger partial charge in [-0.3, -0.25) is 9.78 Å². The monoisotopic (exact) mass is 255 g/mol. The average molecular weight is 255 g/mol. The lowest BCUT2D eigenvalue weighted by Gasteiger charge is -2.13. The van der Waals surface area contributed by atoms with Crippen LogP contribution in [0.25, 0.3) is 0 Å². The molecule has 0 radical (unpaired) electrons. The zero-order valence-electron chi connectivity index (χ0n) is 10.9. The van der Waals surface area contributed by atoms with E-state index in [1.807, 2.05) is 31.2 Å². The zero-order chi connectivity index (χ0) is 13.7. The first-order valence-corrected chi connectivity index (χ1v) is 6.26. The van der Waals surface area contributed by atoms with Crippen LogP contribution in [-0.4, -0.2) is 10.9 Å². The van der Waals surface area contributed by atoms with Crippen molar-refractivity contribution in [3.8, 4) is 0 Å². The van der Waals surface area contributed by atoms with Gasteiger partial charge in [0.15, 0.2) is 0 Å². The van der Waals surface area contributed by atoms with Crippen LogP contribution in [0.1, 0.15) is 28.4 Å². The summed E-state index contributed by atoms with van der Waals surface area (Å²) in [5.41, 5.74) is 9.03. The van der Waals surface area contributed by atoms with Crippen molar-refractivity contribution in [2.24, 2.45) is 5.73 Å². The zero-order valence-corrected chi connectivity index (χ0v) is 10.9. The molecule has 4 nitrogen and oxygen atoms in total. The molecule has 19 heavy (non-hydrogen) atoms. The van der Waals surface area contributed by atoms with E-state index < -0.39 is 0 Å². The molecule has 0 atom stereocenters. The molecule has 2 aromatic rings. The lowest BCUT2D eigenvalue weighted by atomic mass is 10.0. The third kappa shape index (κ3) is 3.10. The average Bonchev–Trinajstić information content (AvgIpc) is 2.45. The molecule has 1 heterocycles. The summed E-state index contributed by atoms with van der Waals surface area (Å²) in [6.45, 7) is 2.71. The van der Waals surface area contributed by atoms with E-state index in [4.69, 9.17) is 5.73 Å². The molecule has 0 unspecified atom stereocenters. The number of pyridine rings is 1. The van der Waals surface area contributed by atoms with Crippen LogP contribution in [0, 0.1) is 0 Å². The summed E-state index contributed by atoms with van der Waals surface area (Å²) in [6, 6.07) is 9.48. The van der Waals surface area contributed by atoms with E-state index in [2.05, 4.69) is 10.3 Å². The second-order valence-corrected chi connectivity index (χ2v) is 4.26. The Labute approximate surface area is 112 Å². The minimum atomic E-state index is -0.385. The largest absolute Gasteiger partial charge is 0.381 e. The van der Waals surface area contributed by atoms with Gasteiger partial charge in [0, 0.05) is 30.2 Å². The predicted molar refractivity (Wildman–Crippen MR) is 75.9 cm³/mol. The minimum Gasteiger partial charge on any atom is -0.381 e. The fourth-order valence-electron chi connectivity index (χ4n) is 2.06. The van der Waals surface area contributed by atoms with Crippen LogP contribution in [0.2, 0.25) is 0 Å². The summed E-state index contributed by atoms with van der Waals surface area (Å²) in [5.74, 6) is -0.385. The number of nitrogens with zero attached hydrogens (tertiary/aromatic N) is 1. The Morgan fingerprint density at radius 1 is 1.26 bits per heavy atom. The number of nitrogens with two attached hydrogens (primary N) is 1. The first kappa shape index (κ1) is 13.1. The molecule has 0 saturated carbocycles. The maximum atomic E-state index is 11.4. The van der Waals surface area contributed by atoms with E-state index in [1.165, 1.54) is 0 Å². The van der Waals surface area contributed by atoms with Crippen molar-refractivity contribution < 1.29 is 4.79 Å². The molecular formula is C15H17N3O. The highest BCUT2D eigenvalue weighted by Gasteiger charge is 2.10. The number of hydrogen-bond acceptors (Lipinski definition) is 3. The van der Waals surface area contributed by atoms with Gasteiger partial charge in [0.05, 0.1) is 0 Å². The highest BCUT2D eigenvalue weighted by molar-refractivity contribution is 5.95. The summed E-state index contributed by atoms with van der Waals surface area (Å²) in [5, 5.41) is 3.34. The van der Waals surface area contributed by atoms with Gasteiger partial charge in [-0.05, 0) is 41.8 Å². The van der Waals surface area contributed by atoms with Gasteiger partial charge in [-0.25, -0.2) is 0 Å². The molecular weight excluding hydrogens is 238 g/mol. The second kappa shape index (κ2) is 6.00. The van der Waals surface area contributed by atoms with E-state index in [-0.39, 0.29) is 5.91 Å². The van der Waals surface area contributed by atoms with Gasteiger partial charge in [-0.2, -0.15) is 0 Å². The normalized spacial score (nSPS) is 10.2. The third-order valence-corrected chi connectivity index (χ3v) is 3.03. The van der Waals surface area contributed by atoms with Gasteiger partial charge in [0.2, 0.25) is 5.91 Å². The summed E-state index contributed by atoms with van der Waals surface area (Å²) < 4.78 is 0. The van der Waals surface area contributed by atoms with Crippen LogP contribution in [0.15, 0.2) is 42.7 Å². The van der Waals surface area contributed by atoms with Crippen LogP contribution in [0.4, 0.5) is 5.69 Å². The standard InChI is InChI=1S/C15H17N3O/c1-2-12-13(15(16)19)4-3-5-14(12)18-10-11-6-8-17-9-7-11/h3-9,18H,2,10H2,1H3,(H2,16,19). The van der Waals surface area contributed by atoms with Crippen LogP contribution >= 0.6 is 0 Å². The molecule has 0 aliphatic carbocycles. The molecule has 1 aromatic carbocycles. The maximum absolute atomic E-state index is 11.4. The van der Waals surface area contributed by atoms with E-state index >= 15 is 0 Å². The van der Waals surface area contributed by atoms with Crippen molar-refractivity contribution in [2.45, 2.75) is 19.9 Å². The van der Waals surface area contributed by atoms with Gasteiger partial charge >= 0.3 is 0 Å². The lowest BCUT2D eigenvalue weighted by Crippen LogP contribution is -2.15. The molecule has 0 aliphatic rings. The van der Waals surface area contributed by atoms with Crippen LogP contribution < -0.4 is 11.1 Å². The fraction of sp³-hybridized carbons (Fsp3) is 0.200. The highest BCUT2D eigenvalue weighted by Crippen LogP contribution is 2.21. The van der Waals surface area contributed by atoms with Crippen molar-refractivity contribution in [3.05, 3.63) is 59.4 Å². The van der Waals surface area contributed by atoms with E-state index in [0.29, 0.717) is 12.1 Å². The summed E-state index contributed by atoms with van der Waals surface area (Å²) in [4.78, 5) is 15.4. The molecule has 0 spiro atoms. The van der Waals surface area contributed by atoms with Crippen molar-refractivity contribution >= 4 is 11.6 Å². The van der Waals surface area contributed by atoms with E-state index in [0.717, 1.165) is 23.2 Å². The molecule has 2 rings (SSSR count). The molecule has 98 valence electrons. The number of carbonyl (C=O) groups excluding carboxylic acids is 1. The Bertz CT molecular complexity index is 567. The molecule has 1 aromatic heterocycles. The first-order chi connectivity index (χ1) is 9.22. The summed E-state index contributed by atoms with van der Waals surface area (Å²) >= 11 is 0. The van der Waals surface area contributed by atoms with Gasteiger partial charge in [-0.1, -0.05) is 13.0 Å². The SMILES string of the molecule is CCc1c(NCc2ccncc2)cccc1C(N)=O. The van der Waals surface area contributed by atoms with Crippen LogP contribution in [0.5, 0.6) is 0 Å². The van der Waals surface area contributed by atoms with E-state index in [1.54, 1.807) is 18.5 Å². The smallest absolute Gasteiger partial charge is 0.249 e. The number of primary amides is 1. The number of amides is 1. The topological polar surface area (TPSA) is 68.0 Å². The molecule has 1 amide bonds. The number of aromatic nitrogens is 1. The molecule has 3 N–H and O–H groups in total. The second-order valence-electron chi connectivity index (χ2n) is 4.26. The number of carbonyl (C=O) groups is 1. The number of rotatable bonds is 5. The van der Waals surface area contributed by atoms with Gasteiger partial charge < -0.3 is 11.1 Å². The molecule has 0 bridgehead atoms. The summed E-state index contributed by atoms with van der Waals surface area (Å²) in [7, 11) is 0. The Kier molecular flexibility index (Phi) is 4.13. The van der Waals surface area contributed by atoms with Gasteiger partial charge in [0.1, 0.15) is 0 Å². The van der Waals surface area contributed by atoms with Crippen molar-refractivity contribution in [3.63, 3.8) is 0 Å². The Balaban J connectivity index is 2.21. The van der Waals surface area contributed by atoms with E-state index in [9.17, 15) is 4.79 Å². The summed E-state index contributed by atoms with van der Waals surface area (Å²) in [6.07, 6.45) is 4.28. The number of hydrogen-bond donors (Lipinski definition) is 2. The molecule has 0 fully saturated rings. The quantitative estimate of drug-likeness (QED) is 0.861. The molecule has 4 heteroatoms. The highest BCUT2D eigenvalue weighted by atomic mass is 16.1. The Hall–Kier alpha value is -2.36. The van der Waals surface area contributed by atoms with Crippen LogP contribution in [-0.2, 0) is 13.0 Å². The minimum absolute atomic E-state index is 0.385. The molecule has 0 aliphatic heterocycles. The van der Waals surface area contributed by atoms with Crippen molar-refractivity contribution in [2.75, 3.05) is 5.32 Å². The van der Waals surface area contributed by atoms with Gasteiger partial charge in [0.25, 0.3) is 0 Å². The predicted octanol–water partition coefficient (Wildman–Crippen LogP) is 2.35. The van der Waals surface area contributed by atoms with Crippen molar-refractivity contribution in [1.82, 2.24) is 4.98 Å². The third-order valence-electron chi connectivity index (χ3n) is 3.03. The van der Waals surface area contributed by atoms with Crippen LogP contribution in [0.3, 0.4) is 0 Å². The number of anilines is 1. The fourth-order valence-corrected chi connectivity index (χ4v) is 2.06. The number of benzene rings is 1. The lowest BCUT2D eigenvalue weighted by molar-refractivity contribution is 0.0999. The molecule has 0 saturated heterocycles. The first-order valence-electron chi connectivity index (χ1n) is 6.26. The maximum Gasteiger partial charge on any atom is 0.249 e. The Morgan fingerprint density at radius 3 is 2.63 bits per heavy atom.